The summed E-state index contributed by atoms with van der Waals surface area (Å²) in [5, 5.41) is 14.3. The lowest BCUT2D eigenvalue weighted by atomic mass is 10.1. The van der Waals surface area contributed by atoms with Gasteiger partial charge in [-0.1, -0.05) is 70.6 Å². The predicted octanol–water partition coefficient (Wildman–Crippen LogP) is 5.05. The Morgan fingerprint density at radius 1 is 1.04 bits per heavy atom. The number of benzene rings is 2. The van der Waals surface area contributed by atoms with Crippen molar-refractivity contribution in [2.45, 2.75) is 13.5 Å². The van der Waals surface area contributed by atoms with Crippen molar-refractivity contribution in [2.24, 2.45) is 0 Å². The number of aryl methyl sites for hydroxylation is 1. The van der Waals surface area contributed by atoms with E-state index in [0.717, 1.165) is 15.6 Å². The topological polar surface area (TPSA) is 36.1 Å². The summed E-state index contributed by atoms with van der Waals surface area (Å²) in [5.74, 6) is 0.114. The van der Waals surface area contributed by atoms with E-state index in [1.807, 2.05) is 90.6 Å². The van der Waals surface area contributed by atoms with Crippen LogP contribution in [0.15, 0.2) is 83.6 Å². The van der Waals surface area contributed by atoms with Crippen molar-refractivity contribution in [3.8, 4) is 0 Å². The Morgan fingerprint density at radius 3 is 2.44 bits per heavy atom. The fraction of sp³-hybridized carbons (Fsp3) is 0.0909. The summed E-state index contributed by atoms with van der Waals surface area (Å²) in [5.41, 5.74) is 3.41. The molecule has 5 heteroatoms. The molecule has 1 heterocycles. The van der Waals surface area contributed by atoms with Crippen LogP contribution in [0, 0.1) is 6.92 Å². The van der Waals surface area contributed by atoms with Crippen molar-refractivity contribution >= 4 is 44.6 Å². The molecule has 0 unspecified atom stereocenters. The number of aromatic nitrogens is 1. The van der Waals surface area contributed by atoms with Crippen LogP contribution in [-0.2, 0) is 6.54 Å². The molecule has 3 aromatic rings. The summed E-state index contributed by atoms with van der Waals surface area (Å²) in [7, 11) is 0. The minimum absolute atomic E-state index is 0.114. The molecule has 27 heavy (non-hydrogen) atoms. The van der Waals surface area contributed by atoms with Gasteiger partial charge < -0.3 is 10.4 Å². The van der Waals surface area contributed by atoms with Gasteiger partial charge in [0, 0.05) is 28.2 Å². The van der Waals surface area contributed by atoms with Gasteiger partial charge in [-0.25, -0.2) is 0 Å². The minimum Gasteiger partial charge on any atom is -0.502 e. The Hall–Kier alpha value is -2.50. The highest BCUT2D eigenvalue weighted by molar-refractivity contribution is 9.10. The maximum atomic E-state index is 11.1. The largest absolute Gasteiger partial charge is 0.502 e. The zero-order chi connectivity index (χ0) is 19.2. The SMILES string of the molecule is Cc1ccc[n+](/C(C(=S)NCc2ccccc2)=C(/O)c2ccccc2Br)c1. The van der Waals surface area contributed by atoms with Gasteiger partial charge in [-0.05, 0) is 30.7 Å². The molecule has 0 saturated carbocycles. The smallest absolute Gasteiger partial charge is 0.288 e. The lowest BCUT2D eigenvalue weighted by Crippen LogP contribution is -2.41. The van der Waals surface area contributed by atoms with Crippen molar-refractivity contribution in [1.29, 1.82) is 0 Å². The van der Waals surface area contributed by atoms with E-state index in [1.54, 1.807) is 0 Å². The summed E-state index contributed by atoms with van der Waals surface area (Å²) in [6.45, 7) is 2.59. The van der Waals surface area contributed by atoms with Crippen LogP contribution in [0.1, 0.15) is 16.7 Å². The van der Waals surface area contributed by atoms with Crippen molar-refractivity contribution in [2.75, 3.05) is 0 Å². The van der Waals surface area contributed by atoms with E-state index in [0.29, 0.717) is 22.8 Å². The van der Waals surface area contributed by atoms with Gasteiger partial charge in [0.15, 0.2) is 23.1 Å². The molecule has 0 aliphatic rings. The summed E-state index contributed by atoms with van der Waals surface area (Å²) in [6.07, 6.45) is 3.82. The maximum absolute atomic E-state index is 11.1. The average Bonchev–Trinajstić information content (AvgIpc) is 2.68. The van der Waals surface area contributed by atoms with Crippen LogP contribution >= 0.6 is 28.1 Å². The summed E-state index contributed by atoms with van der Waals surface area (Å²) >= 11 is 9.16. The van der Waals surface area contributed by atoms with E-state index >= 15 is 0 Å². The number of hydrogen-bond acceptors (Lipinski definition) is 2. The van der Waals surface area contributed by atoms with Gasteiger partial charge in [-0.2, -0.15) is 4.57 Å². The van der Waals surface area contributed by atoms with Gasteiger partial charge in [-0.3, -0.25) is 0 Å². The van der Waals surface area contributed by atoms with Crippen LogP contribution in [0.3, 0.4) is 0 Å². The Labute approximate surface area is 173 Å². The molecule has 2 N–H and O–H groups in total. The normalized spacial score (nSPS) is 11.6. The number of pyridine rings is 1. The molecular weight excluding hydrogens is 420 g/mol. The van der Waals surface area contributed by atoms with Gasteiger partial charge in [0.05, 0.1) is 0 Å². The number of hydrogen-bond donors (Lipinski definition) is 2. The molecule has 136 valence electrons. The molecule has 0 bridgehead atoms. The highest BCUT2D eigenvalue weighted by Gasteiger charge is 2.24. The summed E-state index contributed by atoms with van der Waals surface area (Å²) in [4.78, 5) is 0.475. The van der Waals surface area contributed by atoms with Gasteiger partial charge in [0.2, 0.25) is 0 Å². The van der Waals surface area contributed by atoms with Crippen LogP contribution in [0.2, 0.25) is 0 Å². The fourth-order valence-electron chi connectivity index (χ4n) is 2.72. The highest BCUT2D eigenvalue weighted by Crippen LogP contribution is 2.25. The number of aliphatic hydroxyl groups excluding tert-OH is 1. The second kappa shape index (κ2) is 8.93. The maximum Gasteiger partial charge on any atom is 0.288 e. The molecule has 2 aromatic carbocycles. The average molecular weight is 440 g/mol. The van der Waals surface area contributed by atoms with E-state index in [9.17, 15) is 5.11 Å². The molecule has 3 nitrogen and oxygen atoms in total. The second-order valence-electron chi connectivity index (χ2n) is 6.13. The third-order valence-electron chi connectivity index (χ3n) is 4.07. The van der Waals surface area contributed by atoms with Crippen molar-refractivity contribution in [3.05, 3.63) is 100 Å². The molecule has 0 spiro atoms. The first-order valence-corrected chi connectivity index (χ1v) is 9.75. The molecule has 0 saturated heterocycles. The lowest BCUT2D eigenvalue weighted by molar-refractivity contribution is -0.576. The van der Waals surface area contributed by atoms with E-state index in [2.05, 4.69) is 21.2 Å². The Balaban J connectivity index is 2.01. The number of aliphatic hydroxyl groups is 1. The Bertz CT molecular complexity index is 986. The Kier molecular flexibility index (Phi) is 6.37. The quantitative estimate of drug-likeness (QED) is 0.252. The first kappa shape index (κ1) is 19.3. The molecule has 0 atom stereocenters. The Morgan fingerprint density at radius 2 is 1.74 bits per heavy atom. The van der Waals surface area contributed by atoms with Crippen molar-refractivity contribution in [1.82, 2.24) is 5.32 Å². The third-order valence-corrected chi connectivity index (χ3v) is 5.10. The zero-order valence-electron chi connectivity index (χ0n) is 14.9. The molecule has 0 radical (unpaired) electrons. The van der Waals surface area contributed by atoms with Crippen LogP contribution in [0.25, 0.3) is 11.5 Å². The first-order valence-electron chi connectivity index (χ1n) is 8.55. The number of halogens is 1. The third kappa shape index (κ3) is 4.81. The van der Waals surface area contributed by atoms with E-state index in [1.165, 1.54) is 0 Å². The molecular formula is C22H20BrN2OS+. The van der Waals surface area contributed by atoms with E-state index in [4.69, 9.17) is 12.2 Å². The van der Waals surface area contributed by atoms with Crippen LogP contribution in [-0.4, -0.2) is 10.1 Å². The van der Waals surface area contributed by atoms with Crippen molar-refractivity contribution in [3.63, 3.8) is 0 Å². The predicted molar refractivity (Wildman–Crippen MR) is 117 cm³/mol. The molecule has 0 fully saturated rings. The number of nitrogens with one attached hydrogen (secondary N) is 1. The molecule has 0 aliphatic heterocycles. The lowest BCUT2D eigenvalue weighted by Gasteiger charge is -2.11. The summed E-state index contributed by atoms with van der Waals surface area (Å²) in [6, 6.07) is 21.5. The van der Waals surface area contributed by atoms with Crippen LogP contribution < -0.4 is 9.88 Å². The zero-order valence-corrected chi connectivity index (χ0v) is 17.3. The summed E-state index contributed by atoms with van der Waals surface area (Å²) < 4.78 is 2.66. The van der Waals surface area contributed by atoms with Crippen LogP contribution in [0.5, 0.6) is 0 Å². The highest BCUT2D eigenvalue weighted by atomic mass is 79.9. The first-order chi connectivity index (χ1) is 13.1. The number of rotatable bonds is 5. The molecule has 0 amide bonds. The van der Waals surface area contributed by atoms with Gasteiger partial charge in [0.1, 0.15) is 0 Å². The second-order valence-corrected chi connectivity index (χ2v) is 7.40. The molecule has 3 rings (SSSR count). The fourth-order valence-corrected chi connectivity index (χ4v) is 3.47. The number of thiocarbonyl (C=S) groups is 1. The van der Waals surface area contributed by atoms with Gasteiger partial charge in [0.25, 0.3) is 5.70 Å². The van der Waals surface area contributed by atoms with Crippen molar-refractivity contribution < 1.29 is 9.67 Å². The van der Waals surface area contributed by atoms with E-state index in [-0.39, 0.29) is 5.76 Å². The molecule has 0 aliphatic carbocycles. The van der Waals surface area contributed by atoms with E-state index < -0.39 is 0 Å². The number of nitrogens with zero attached hydrogens (tertiary/aromatic N) is 1. The molecule has 1 aromatic heterocycles. The monoisotopic (exact) mass is 439 g/mol. The standard InChI is InChI=1S/C22H19BrN2OS/c1-16-8-7-13-25(15-16)20(21(26)18-11-5-6-12-19(18)23)22(27)24-14-17-9-3-2-4-10-17/h2-13,15H,14H2,1H3,(H-,24,26,27)/p+1. The minimum atomic E-state index is 0.114. The van der Waals surface area contributed by atoms with Gasteiger partial charge in [-0.15, -0.1) is 0 Å². The van der Waals surface area contributed by atoms with Crippen LogP contribution in [0.4, 0.5) is 0 Å². The van der Waals surface area contributed by atoms with Gasteiger partial charge >= 0.3 is 0 Å².